The first kappa shape index (κ1) is 21.9. The normalized spacial score (nSPS) is 19.3. The zero-order chi connectivity index (χ0) is 21.9. The first-order chi connectivity index (χ1) is 14.2. The smallest absolute Gasteiger partial charge is 0.410 e. The number of hydrogen-bond donors (Lipinski definition) is 1. The summed E-state index contributed by atoms with van der Waals surface area (Å²) >= 11 is 0. The van der Waals surface area contributed by atoms with Crippen LogP contribution in [0.3, 0.4) is 0 Å². The molecule has 7 nitrogen and oxygen atoms in total. The highest BCUT2D eigenvalue weighted by Crippen LogP contribution is 2.27. The summed E-state index contributed by atoms with van der Waals surface area (Å²) in [4.78, 5) is 40.7. The van der Waals surface area contributed by atoms with Crippen molar-refractivity contribution in [2.24, 2.45) is 0 Å². The van der Waals surface area contributed by atoms with Crippen LogP contribution < -0.4 is 10.2 Å². The van der Waals surface area contributed by atoms with E-state index in [1.165, 1.54) is 16.5 Å². The monoisotopic (exact) mass is 415 g/mol. The highest BCUT2D eigenvalue weighted by Gasteiger charge is 2.40. The number of carbonyl (C=O) groups is 3. The lowest BCUT2D eigenvalue weighted by atomic mass is 10.0. The molecule has 7 heteroatoms. The maximum Gasteiger partial charge on any atom is 0.410 e. The number of nitrogens with zero attached hydrogens (tertiary/aromatic N) is 2. The van der Waals surface area contributed by atoms with Crippen LogP contribution in [0.5, 0.6) is 0 Å². The highest BCUT2D eigenvalue weighted by atomic mass is 16.6. The number of anilines is 1. The lowest BCUT2D eigenvalue weighted by molar-refractivity contribution is -0.131. The molecule has 0 unspecified atom stereocenters. The predicted octanol–water partition coefficient (Wildman–Crippen LogP) is 3.28. The van der Waals surface area contributed by atoms with E-state index in [9.17, 15) is 14.4 Å². The maximum absolute atomic E-state index is 12.6. The Kier molecular flexibility index (Phi) is 6.48. The van der Waals surface area contributed by atoms with Gasteiger partial charge < -0.3 is 15.0 Å². The molecule has 2 atom stereocenters. The molecule has 0 aliphatic carbocycles. The fraction of sp³-hybridized carbons (Fsp3) is 0.522. The summed E-state index contributed by atoms with van der Waals surface area (Å²) in [6.45, 7) is 8.51. The van der Waals surface area contributed by atoms with E-state index < -0.39 is 17.7 Å². The van der Waals surface area contributed by atoms with E-state index >= 15 is 0 Å². The Morgan fingerprint density at radius 1 is 1.27 bits per heavy atom. The third kappa shape index (κ3) is 5.01. The molecule has 1 saturated heterocycles. The van der Waals surface area contributed by atoms with Crippen LogP contribution in [0.2, 0.25) is 0 Å². The first-order valence-electron chi connectivity index (χ1n) is 10.6. The zero-order valence-electron chi connectivity index (χ0n) is 18.2. The lowest BCUT2D eigenvalue weighted by Gasteiger charge is -2.40. The second-order valence-corrected chi connectivity index (χ2v) is 8.73. The van der Waals surface area contributed by atoms with Crippen molar-refractivity contribution in [3.63, 3.8) is 0 Å². The van der Waals surface area contributed by atoms with E-state index in [0.717, 1.165) is 12.1 Å². The molecule has 2 aliphatic heterocycles. The Balaban J connectivity index is 0.00000341. The zero-order valence-corrected chi connectivity index (χ0v) is 18.2. The van der Waals surface area contributed by atoms with Gasteiger partial charge in [-0.15, -0.1) is 0 Å². The molecule has 164 valence electrons. The quantitative estimate of drug-likeness (QED) is 0.749. The number of rotatable bonds is 5. The van der Waals surface area contributed by atoms with Crippen molar-refractivity contribution >= 4 is 23.6 Å². The van der Waals surface area contributed by atoms with Gasteiger partial charge in [-0.3, -0.25) is 14.5 Å². The van der Waals surface area contributed by atoms with Crippen LogP contribution >= 0.6 is 0 Å². The summed E-state index contributed by atoms with van der Waals surface area (Å²) in [7, 11) is 0. The summed E-state index contributed by atoms with van der Waals surface area (Å²) in [5.41, 5.74) is 1.52. The van der Waals surface area contributed by atoms with E-state index in [2.05, 4.69) is 5.32 Å². The van der Waals surface area contributed by atoms with E-state index in [4.69, 9.17) is 4.74 Å². The SMILES string of the molecule is CC[C@@H](/C=C/C(=O)N1CCc2ccccc21)NC(=O)[C@@H]1CCN1C(=O)OC(C)(C)C.[HH]. The molecule has 0 aromatic heterocycles. The Labute approximate surface area is 179 Å². The van der Waals surface area contributed by atoms with Crippen molar-refractivity contribution in [2.75, 3.05) is 18.0 Å². The van der Waals surface area contributed by atoms with Crippen molar-refractivity contribution < 1.29 is 20.5 Å². The van der Waals surface area contributed by atoms with Crippen molar-refractivity contribution in [2.45, 2.75) is 64.6 Å². The van der Waals surface area contributed by atoms with Crippen LogP contribution in [0.1, 0.15) is 47.5 Å². The van der Waals surface area contributed by atoms with Gasteiger partial charge in [0.1, 0.15) is 11.6 Å². The molecule has 1 aromatic rings. The van der Waals surface area contributed by atoms with Crippen molar-refractivity contribution in [1.82, 2.24) is 10.2 Å². The van der Waals surface area contributed by atoms with Gasteiger partial charge in [0.25, 0.3) is 5.91 Å². The number of carbonyl (C=O) groups excluding carboxylic acids is 3. The Morgan fingerprint density at radius 3 is 2.63 bits per heavy atom. The average molecular weight is 416 g/mol. The van der Waals surface area contributed by atoms with E-state index in [1.807, 2.05) is 31.2 Å². The van der Waals surface area contributed by atoms with Gasteiger partial charge in [0.15, 0.2) is 0 Å². The number of ether oxygens (including phenoxy) is 1. The third-order valence-corrected chi connectivity index (χ3v) is 5.34. The van der Waals surface area contributed by atoms with Gasteiger partial charge in [-0.05, 0) is 51.7 Å². The number of amides is 3. The van der Waals surface area contributed by atoms with Gasteiger partial charge in [0.2, 0.25) is 5.91 Å². The molecule has 0 spiro atoms. The number of nitrogens with one attached hydrogen (secondary N) is 1. The van der Waals surface area contributed by atoms with Crippen molar-refractivity contribution in [3.8, 4) is 0 Å². The Morgan fingerprint density at radius 2 is 2.00 bits per heavy atom. The second-order valence-electron chi connectivity index (χ2n) is 8.73. The molecule has 1 fully saturated rings. The maximum atomic E-state index is 12.6. The fourth-order valence-corrected chi connectivity index (χ4v) is 3.62. The molecule has 3 rings (SSSR count). The van der Waals surface area contributed by atoms with Crippen LogP contribution in [-0.2, 0) is 20.7 Å². The van der Waals surface area contributed by atoms with Crippen LogP contribution in [0.25, 0.3) is 0 Å². The van der Waals surface area contributed by atoms with Gasteiger partial charge in [0, 0.05) is 32.3 Å². The van der Waals surface area contributed by atoms with Crippen molar-refractivity contribution in [1.29, 1.82) is 0 Å². The van der Waals surface area contributed by atoms with E-state index in [1.54, 1.807) is 31.7 Å². The summed E-state index contributed by atoms with van der Waals surface area (Å²) in [5, 5.41) is 2.94. The summed E-state index contributed by atoms with van der Waals surface area (Å²) in [6, 6.07) is 7.10. The lowest BCUT2D eigenvalue weighted by Crippen LogP contribution is -2.60. The van der Waals surface area contributed by atoms with E-state index in [0.29, 0.717) is 25.9 Å². The molecule has 2 heterocycles. The van der Waals surface area contributed by atoms with Crippen LogP contribution in [0.15, 0.2) is 36.4 Å². The minimum absolute atomic E-state index is 0. The van der Waals surface area contributed by atoms with Gasteiger partial charge in [-0.2, -0.15) is 0 Å². The Bertz CT molecular complexity index is 849. The largest absolute Gasteiger partial charge is 0.444 e. The molecule has 30 heavy (non-hydrogen) atoms. The first-order valence-corrected chi connectivity index (χ1v) is 10.6. The van der Waals surface area contributed by atoms with Gasteiger partial charge in [-0.25, -0.2) is 4.79 Å². The third-order valence-electron chi connectivity index (χ3n) is 5.34. The molecule has 1 N–H and O–H groups in total. The van der Waals surface area contributed by atoms with Crippen LogP contribution in [0.4, 0.5) is 10.5 Å². The number of benzene rings is 1. The summed E-state index contributed by atoms with van der Waals surface area (Å²) < 4.78 is 5.36. The van der Waals surface area contributed by atoms with Crippen molar-refractivity contribution in [3.05, 3.63) is 42.0 Å². The molecular formula is C23H33N3O4. The summed E-state index contributed by atoms with van der Waals surface area (Å²) in [5.74, 6) is -0.311. The summed E-state index contributed by atoms with van der Waals surface area (Å²) in [6.07, 6.45) is 4.90. The topological polar surface area (TPSA) is 79.0 Å². The minimum Gasteiger partial charge on any atom is -0.444 e. The molecule has 2 aliphatic rings. The molecule has 0 bridgehead atoms. The van der Waals surface area contributed by atoms with Gasteiger partial charge in [0.05, 0.1) is 0 Å². The molecular weight excluding hydrogens is 382 g/mol. The molecule has 1 aromatic carbocycles. The van der Waals surface area contributed by atoms with Crippen LogP contribution in [-0.4, -0.2) is 53.6 Å². The molecule has 3 amide bonds. The highest BCUT2D eigenvalue weighted by molar-refractivity contribution is 6.03. The fourth-order valence-electron chi connectivity index (χ4n) is 3.62. The minimum atomic E-state index is -0.600. The Hall–Kier alpha value is -2.83. The second kappa shape index (κ2) is 8.90. The van der Waals surface area contributed by atoms with Gasteiger partial charge in [-0.1, -0.05) is 31.2 Å². The number of likely N-dealkylation sites (tertiary alicyclic amines) is 1. The molecule has 0 radical (unpaired) electrons. The number of para-hydroxylation sites is 1. The van der Waals surface area contributed by atoms with E-state index in [-0.39, 0.29) is 19.3 Å². The van der Waals surface area contributed by atoms with Gasteiger partial charge >= 0.3 is 6.09 Å². The predicted molar refractivity (Wildman–Crippen MR) is 117 cm³/mol. The number of hydrogen-bond acceptors (Lipinski definition) is 4. The van der Waals surface area contributed by atoms with Crippen LogP contribution in [0, 0.1) is 0 Å². The average Bonchev–Trinajstić information content (AvgIpc) is 3.06. The number of fused-ring (bicyclic) bond motifs is 1. The standard InChI is InChI=1S/C23H31N3O4.H2/c1-5-17(10-11-20(27)25-14-12-16-8-6-7-9-18(16)25)24-21(28)19-13-15-26(19)22(29)30-23(2,3)4;/h6-11,17,19H,5,12-15H2,1-4H3,(H,24,28);1H/b11-10+;/t17-,19-;/m0./s1. The molecule has 0 saturated carbocycles.